The molecule has 4 rings (SSSR count). The minimum Gasteiger partial charge on any atom is -0.493 e. The number of aromatic carboxylic acids is 1. The zero-order valence-electron chi connectivity index (χ0n) is 14.2. The van der Waals surface area contributed by atoms with Crippen molar-refractivity contribution in [1.29, 1.82) is 0 Å². The molecule has 6 heteroatoms. The van der Waals surface area contributed by atoms with Crippen LogP contribution in [0, 0.1) is 0 Å². The molecule has 2 aliphatic rings. The van der Waals surface area contributed by atoms with Gasteiger partial charge in [0, 0.05) is 25.2 Å². The highest BCUT2D eigenvalue weighted by Gasteiger charge is 2.27. The normalized spacial score (nSPS) is 23.7. The van der Waals surface area contributed by atoms with Crippen LogP contribution in [-0.4, -0.2) is 52.0 Å². The highest BCUT2D eigenvalue weighted by atomic mass is 16.5. The van der Waals surface area contributed by atoms with Crippen LogP contribution in [0.5, 0.6) is 5.75 Å². The molecule has 1 aromatic heterocycles. The average molecular weight is 341 g/mol. The van der Waals surface area contributed by atoms with Crippen molar-refractivity contribution in [3.63, 3.8) is 0 Å². The third-order valence-corrected chi connectivity index (χ3v) is 5.26. The van der Waals surface area contributed by atoms with Crippen LogP contribution in [0.2, 0.25) is 0 Å². The third-order valence-electron chi connectivity index (χ3n) is 5.26. The topological polar surface area (TPSA) is 67.6 Å². The van der Waals surface area contributed by atoms with E-state index in [0.717, 1.165) is 51.3 Å². The molecule has 0 radical (unpaired) electrons. The fourth-order valence-electron chi connectivity index (χ4n) is 3.98. The number of para-hydroxylation sites is 1. The van der Waals surface area contributed by atoms with E-state index in [1.54, 1.807) is 6.20 Å². The molecule has 1 fully saturated rings. The summed E-state index contributed by atoms with van der Waals surface area (Å²) in [6.45, 7) is 3.80. The quantitative estimate of drug-likeness (QED) is 0.926. The fourth-order valence-corrected chi connectivity index (χ4v) is 3.98. The van der Waals surface area contributed by atoms with Crippen LogP contribution in [-0.2, 0) is 0 Å². The Labute approximate surface area is 147 Å². The average Bonchev–Trinajstić information content (AvgIpc) is 3.13. The van der Waals surface area contributed by atoms with Gasteiger partial charge in [-0.05, 0) is 37.4 Å². The van der Waals surface area contributed by atoms with Crippen molar-refractivity contribution in [1.82, 2.24) is 14.7 Å². The Balaban J connectivity index is 1.44. The number of piperidine rings is 1. The maximum absolute atomic E-state index is 11.1. The van der Waals surface area contributed by atoms with Crippen molar-refractivity contribution in [2.45, 2.75) is 31.2 Å². The van der Waals surface area contributed by atoms with Crippen molar-refractivity contribution < 1.29 is 14.6 Å². The first-order chi connectivity index (χ1) is 12.2. The Hall–Kier alpha value is -2.34. The Morgan fingerprint density at radius 2 is 2.20 bits per heavy atom. The SMILES string of the molecule is O=C(O)c1cnn(C2CCCN(CC3CCOc4ccccc43)C2)c1. The van der Waals surface area contributed by atoms with E-state index < -0.39 is 5.97 Å². The number of hydrogen-bond acceptors (Lipinski definition) is 4. The van der Waals surface area contributed by atoms with E-state index >= 15 is 0 Å². The first-order valence-corrected chi connectivity index (χ1v) is 8.92. The van der Waals surface area contributed by atoms with Crippen molar-refractivity contribution in [2.75, 3.05) is 26.2 Å². The molecule has 2 aromatic rings. The monoisotopic (exact) mass is 341 g/mol. The summed E-state index contributed by atoms with van der Waals surface area (Å²) in [5.74, 6) is 0.596. The van der Waals surface area contributed by atoms with Crippen molar-refractivity contribution in [3.8, 4) is 5.75 Å². The predicted octanol–water partition coefficient (Wildman–Crippen LogP) is 2.78. The number of carbonyl (C=O) groups is 1. The van der Waals surface area contributed by atoms with Crippen LogP contribution in [0.25, 0.3) is 0 Å². The molecule has 25 heavy (non-hydrogen) atoms. The summed E-state index contributed by atoms with van der Waals surface area (Å²) in [6.07, 6.45) is 6.29. The lowest BCUT2D eigenvalue weighted by Crippen LogP contribution is -2.39. The van der Waals surface area contributed by atoms with Crippen molar-refractivity contribution >= 4 is 5.97 Å². The highest BCUT2D eigenvalue weighted by Crippen LogP contribution is 2.34. The Bertz CT molecular complexity index is 758. The molecule has 1 N–H and O–H groups in total. The van der Waals surface area contributed by atoms with Gasteiger partial charge in [-0.1, -0.05) is 18.2 Å². The Morgan fingerprint density at radius 3 is 3.04 bits per heavy atom. The molecule has 0 bridgehead atoms. The summed E-state index contributed by atoms with van der Waals surface area (Å²) in [6, 6.07) is 8.58. The second-order valence-corrected chi connectivity index (χ2v) is 6.94. The van der Waals surface area contributed by atoms with Gasteiger partial charge in [-0.25, -0.2) is 4.79 Å². The lowest BCUT2D eigenvalue weighted by atomic mass is 9.91. The molecular formula is C19H23N3O3. The molecule has 2 unspecified atom stereocenters. The van der Waals surface area contributed by atoms with Crippen LogP contribution in [0.4, 0.5) is 0 Å². The summed E-state index contributed by atoms with van der Waals surface area (Å²) >= 11 is 0. The van der Waals surface area contributed by atoms with E-state index in [2.05, 4.69) is 28.2 Å². The van der Waals surface area contributed by atoms with E-state index in [1.165, 1.54) is 11.8 Å². The van der Waals surface area contributed by atoms with Gasteiger partial charge in [-0.15, -0.1) is 0 Å². The number of rotatable bonds is 4. The minimum absolute atomic E-state index is 0.247. The highest BCUT2D eigenvalue weighted by molar-refractivity contribution is 5.86. The molecule has 2 atom stereocenters. The number of likely N-dealkylation sites (tertiary alicyclic amines) is 1. The zero-order valence-corrected chi connectivity index (χ0v) is 14.2. The third kappa shape index (κ3) is 3.39. The number of carboxylic acids is 1. The number of nitrogens with zero attached hydrogens (tertiary/aromatic N) is 3. The second-order valence-electron chi connectivity index (χ2n) is 6.94. The smallest absolute Gasteiger partial charge is 0.338 e. The maximum atomic E-state index is 11.1. The Kier molecular flexibility index (Phi) is 4.44. The van der Waals surface area contributed by atoms with Gasteiger partial charge in [-0.2, -0.15) is 5.10 Å². The molecule has 0 aliphatic carbocycles. The molecule has 6 nitrogen and oxygen atoms in total. The van der Waals surface area contributed by atoms with Gasteiger partial charge in [0.05, 0.1) is 24.4 Å². The van der Waals surface area contributed by atoms with Gasteiger partial charge in [-0.3, -0.25) is 4.68 Å². The van der Waals surface area contributed by atoms with Crippen molar-refractivity contribution in [2.24, 2.45) is 0 Å². The molecule has 1 saturated heterocycles. The first-order valence-electron chi connectivity index (χ1n) is 8.92. The van der Waals surface area contributed by atoms with E-state index in [4.69, 9.17) is 9.84 Å². The lowest BCUT2D eigenvalue weighted by molar-refractivity contribution is 0.0696. The molecule has 0 amide bonds. The summed E-state index contributed by atoms with van der Waals surface area (Å²) in [5.41, 5.74) is 1.57. The fraction of sp³-hybridized carbons (Fsp3) is 0.474. The largest absolute Gasteiger partial charge is 0.493 e. The lowest BCUT2D eigenvalue weighted by Gasteiger charge is -2.36. The number of fused-ring (bicyclic) bond motifs is 1. The summed E-state index contributed by atoms with van der Waals surface area (Å²) < 4.78 is 7.60. The molecule has 2 aliphatic heterocycles. The first kappa shape index (κ1) is 16.1. The number of aromatic nitrogens is 2. The molecular weight excluding hydrogens is 318 g/mol. The van der Waals surface area contributed by atoms with Gasteiger partial charge in [0.25, 0.3) is 0 Å². The molecule has 1 aromatic carbocycles. The van der Waals surface area contributed by atoms with Gasteiger partial charge in [0.2, 0.25) is 0 Å². The van der Waals surface area contributed by atoms with E-state index in [0.29, 0.717) is 5.92 Å². The number of carboxylic acid groups (broad SMARTS) is 1. The van der Waals surface area contributed by atoms with Gasteiger partial charge < -0.3 is 14.7 Å². The number of ether oxygens (including phenoxy) is 1. The molecule has 132 valence electrons. The van der Waals surface area contributed by atoms with Crippen LogP contribution in [0.1, 0.15) is 47.1 Å². The van der Waals surface area contributed by atoms with Crippen LogP contribution < -0.4 is 4.74 Å². The van der Waals surface area contributed by atoms with Crippen LogP contribution in [0.15, 0.2) is 36.7 Å². The maximum Gasteiger partial charge on any atom is 0.338 e. The molecule has 0 saturated carbocycles. The second kappa shape index (κ2) is 6.88. The summed E-state index contributed by atoms with van der Waals surface area (Å²) in [4.78, 5) is 13.6. The van der Waals surface area contributed by atoms with Gasteiger partial charge >= 0.3 is 5.97 Å². The summed E-state index contributed by atoms with van der Waals surface area (Å²) in [7, 11) is 0. The number of benzene rings is 1. The molecule has 3 heterocycles. The Morgan fingerprint density at radius 1 is 1.32 bits per heavy atom. The van der Waals surface area contributed by atoms with E-state index in [9.17, 15) is 4.79 Å². The van der Waals surface area contributed by atoms with E-state index in [-0.39, 0.29) is 11.6 Å². The van der Waals surface area contributed by atoms with Gasteiger partial charge in [0.1, 0.15) is 5.75 Å². The van der Waals surface area contributed by atoms with E-state index in [1.807, 2.05) is 10.7 Å². The standard InChI is InChI=1S/C19H23N3O3/c23-19(24)15-10-20-22(12-15)16-4-3-8-21(13-16)11-14-7-9-25-18-6-2-1-5-17(14)18/h1-2,5-6,10,12,14,16H,3-4,7-9,11,13H2,(H,23,24). The minimum atomic E-state index is -0.919. The van der Waals surface area contributed by atoms with Crippen molar-refractivity contribution in [3.05, 3.63) is 47.8 Å². The molecule has 0 spiro atoms. The van der Waals surface area contributed by atoms with Crippen LogP contribution in [0.3, 0.4) is 0 Å². The zero-order chi connectivity index (χ0) is 17.2. The number of hydrogen-bond donors (Lipinski definition) is 1. The predicted molar refractivity (Wildman–Crippen MR) is 93.2 cm³/mol. The van der Waals surface area contributed by atoms with Crippen LogP contribution >= 0.6 is 0 Å². The van der Waals surface area contributed by atoms with Gasteiger partial charge in [0.15, 0.2) is 0 Å². The summed E-state index contributed by atoms with van der Waals surface area (Å²) in [5, 5.41) is 13.3.